The summed E-state index contributed by atoms with van der Waals surface area (Å²) in [5.41, 5.74) is 0. The molecule has 7 nitrogen and oxygen atoms in total. The first-order chi connectivity index (χ1) is 10.1. The molecule has 1 aromatic heterocycles. The minimum atomic E-state index is -1.13. The van der Waals surface area contributed by atoms with Crippen molar-refractivity contribution < 1.29 is 24.2 Å². The van der Waals surface area contributed by atoms with Crippen LogP contribution < -0.4 is 5.32 Å². The number of carboxylic acid groups (broad SMARTS) is 1. The topological polar surface area (TPSA) is 103 Å². The van der Waals surface area contributed by atoms with E-state index in [9.17, 15) is 9.59 Å². The molecule has 2 rings (SSSR count). The molecule has 1 saturated heterocycles. The van der Waals surface area contributed by atoms with Crippen molar-refractivity contribution in [2.24, 2.45) is 0 Å². The molecule has 1 aliphatic rings. The van der Waals surface area contributed by atoms with Crippen LogP contribution in [0.15, 0.2) is 16.5 Å². The molecule has 0 saturated carbocycles. The second-order valence-corrected chi connectivity index (χ2v) is 5.09. The molecule has 1 atom stereocenters. The van der Waals surface area contributed by atoms with E-state index in [0.29, 0.717) is 18.7 Å². The van der Waals surface area contributed by atoms with Crippen molar-refractivity contribution >= 4 is 12.0 Å². The fourth-order valence-electron chi connectivity index (χ4n) is 2.58. The number of hydrogen-bond donors (Lipinski definition) is 3. The van der Waals surface area contributed by atoms with E-state index >= 15 is 0 Å². The highest BCUT2D eigenvalue weighted by atomic mass is 16.4. The van der Waals surface area contributed by atoms with Crippen molar-refractivity contribution in [1.29, 1.82) is 0 Å². The molecular formula is C14H20N2O5. The number of rotatable bonds is 6. The highest BCUT2D eigenvalue weighted by Crippen LogP contribution is 2.21. The van der Waals surface area contributed by atoms with Crippen molar-refractivity contribution in [2.45, 2.75) is 38.3 Å². The number of furan rings is 1. The van der Waals surface area contributed by atoms with Gasteiger partial charge in [-0.2, -0.15) is 0 Å². The Morgan fingerprint density at radius 1 is 1.43 bits per heavy atom. The van der Waals surface area contributed by atoms with Gasteiger partial charge in [-0.05, 0) is 37.8 Å². The van der Waals surface area contributed by atoms with Gasteiger partial charge in [0.25, 0.3) is 0 Å². The van der Waals surface area contributed by atoms with Gasteiger partial charge in [-0.1, -0.05) is 0 Å². The summed E-state index contributed by atoms with van der Waals surface area (Å²) in [5, 5.41) is 20.4. The van der Waals surface area contributed by atoms with E-state index < -0.39 is 5.97 Å². The highest BCUT2D eigenvalue weighted by molar-refractivity contribution is 5.84. The Balaban J connectivity index is 1.84. The molecule has 1 aromatic rings. The Hall–Kier alpha value is -2.02. The van der Waals surface area contributed by atoms with Gasteiger partial charge in [0.05, 0.1) is 6.54 Å². The van der Waals surface area contributed by atoms with Crippen molar-refractivity contribution in [3.8, 4) is 0 Å². The number of nitrogens with one attached hydrogen (secondary N) is 1. The summed E-state index contributed by atoms with van der Waals surface area (Å²) in [4.78, 5) is 24.6. The lowest BCUT2D eigenvalue weighted by Crippen LogP contribution is -2.42. The lowest BCUT2D eigenvalue weighted by molar-refractivity contribution is 0.0660. The highest BCUT2D eigenvalue weighted by Gasteiger charge is 2.28. The van der Waals surface area contributed by atoms with Crippen molar-refractivity contribution in [1.82, 2.24) is 10.2 Å². The summed E-state index contributed by atoms with van der Waals surface area (Å²) in [7, 11) is 0. The average Bonchev–Trinajstić information content (AvgIpc) is 3.11. The molecular weight excluding hydrogens is 276 g/mol. The molecule has 7 heteroatoms. The number of urea groups is 1. The number of aliphatic hydroxyl groups excluding tert-OH is 1. The summed E-state index contributed by atoms with van der Waals surface area (Å²) in [6.45, 7) is 1.01. The van der Waals surface area contributed by atoms with Crippen molar-refractivity contribution in [2.75, 3.05) is 13.2 Å². The molecule has 1 fully saturated rings. The standard InChI is InChI=1S/C14H20N2O5/c17-8-2-4-10-3-1-7-16(10)14(20)15-9-11-5-6-12(21-11)13(18)19/h5-6,10,17H,1-4,7-9H2,(H,15,20)(H,18,19). The van der Waals surface area contributed by atoms with Gasteiger partial charge in [-0.15, -0.1) is 0 Å². The number of nitrogens with zero attached hydrogens (tertiary/aromatic N) is 1. The molecule has 0 radical (unpaired) electrons. The summed E-state index contributed by atoms with van der Waals surface area (Å²) in [5.74, 6) is -0.857. The van der Waals surface area contributed by atoms with Crippen LogP contribution in [0.4, 0.5) is 4.79 Å². The number of carbonyl (C=O) groups excluding carboxylic acids is 1. The van der Waals surface area contributed by atoms with E-state index in [4.69, 9.17) is 14.6 Å². The lowest BCUT2D eigenvalue weighted by atomic mass is 10.1. The molecule has 0 spiro atoms. The second kappa shape index (κ2) is 7.12. The van der Waals surface area contributed by atoms with Gasteiger partial charge in [0.2, 0.25) is 5.76 Å². The largest absolute Gasteiger partial charge is 0.475 e. The van der Waals surface area contributed by atoms with Gasteiger partial charge in [-0.3, -0.25) is 0 Å². The Bertz CT molecular complexity index is 499. The van der Waals surface area contributed by atoms with Crippen LogP contribution in [0.5, 0.6) is 0 Å². The number of likely N-dealkylation sites (tertiary alicyclic amines) is 1. The second-order valence-electron chi connectivity index (χ2n) is 5.09. The van der Waals surface area contributed by atoms with Gasteiger partial charge in [-0.25, -0.2) is 9.59 Å². The maximum absolute atomic E-state index is 12.1. The number of carboxylic acids is 1. The van der Waals surface area contributed by atoms with E-state index in [1.165, 1.54) is 12.1 Å². The van der Waals surface area contributed by atoms with E-state index in [1.807, 2.05) is 0 Å². The Kier molecular flexibility index (Phi) is 5.21. The molecule has 116 valence electrons. The first-order valence-electron chi connectivity index (χ1n) is 7.09. The Labute approximate surface area is 122 Å². The maximum atomic E-state index is 12.1. The van der Waals surface area contributed by atoms with Crippen molar-refractivity contribution in [3.05, 3.63) is 23.7 Å². The lowest BCUT2D eigenvalue weighted by Gasteiger charge is -2.24. The molecule has 3 N–H and O–H groups in total. The SMILES string of the molecule is O=C(O)c1ccc(CNC(=O)N2CCCC2CCCO)o1. The summed E-state index contributed by atoms with van der Waals surface area (Å²) in [6.07, 6.45) is 3.41. The summed E-state index contributed by atoms with van der Waals surface area (Å²) >= 11 is 0. The number of aromatic carboxylic acids is 1. The number of hydrogen-bond acceptors (Lipinski definition) is 4. The zero-order valence-corrected chi connectivity index (χ0v) is 11.7. The van der Waals surface area contributed by atoms with E-state index in [0.717, 1.165) is 19.3 Å². The minimum absolute atomic E-state index is 0.135. The minimum Gasteiger partial charge on any atom is -0.475 e. The average molecular weight is 296 g/mol. The van der Waals surface area contributed by atoms with Crippen LogP contribution in [0.1, 0.15) is 42.0 Å². The van der Waals surface area contributed by atoms with Crippen LogP contribution in [-0.2, 0) is 6.54 Å². The van der Waals surface area contributed by atoms with Crippen LogP contribution in [-0.4, -0.2) is 46.3 Å². The fourth-order valence-corrected chi connectivity index (χ4v) is 2.58. The maximum Gasteiger partial charge on any atom is 0.371 e. The van der Waals surface area contributed by atoms with Crippen LogP contribution in [0.3, 0.4) is 0 Å². The fraction of sp³-hybridized carbons (Fsp3) is 0.571. The zero-order valence-electron chi connectivity index (χ0n) is 11.7. The van der Waals surface area contributed by atoms with Gasteiger partial charge >= 0.3 is 12.0 Å². The molecule has 2 amide bonds. The van der Waals surface area contributed by atoms with Gasteiger partial charge in [0.15, 0.2) is 0 Å². The predicted octanol–water partition coefficient (Wildman–Crippen LogP) is 1.42. The molecule has 2 heterocycles. The smallest absolute Gasteiger partial charge is 0.371 e. The van der Waals surface area contributed by atoms with Gasteiger partial charge in [0, 0.05) is 19.2 Å². The van der Waals surface area contributed by atoms with Crippen LogP contribution >= 0.6 is 0 Å². The third-order valence-corrected chi connectivity index (χ3v) is 3.62. The predicted molar refractivity (Wildman–Crippen MR) is 74.0 cm³/mol. The molecule has 1 aliphatic heterocycles. The molecule has 1 unspecified atom stereocenters. The summed E-state index contributed by atoms with van der Waals surface area (Å²) in [6, 6.07) is 2.90. The van der Waals surface area contributed by atoms with E-state index in [1.54, 1.807) is 4.90 Å². The molecule has 0 aliphatic carbocycles. The zero-order chi connectivity index (χ0) is 15.2. The number of amides is 2. The first kappa shape index (κ1) is 15.4. The third kappa shape index (κ3) is 3.98. The third-order valence-electron chi connectivity index (χ3n) is 3.62. The number of carbonyl (C=O) groups is 2. The summed E-state index contributed by atoms with van der Waals surface area (Å²) < 4.78 is 5.08. The first-order valence-corrected chi connectivity index (χ1v) is 7.09. The molecule has 0 aromatic carbocycles. The van der Waals surface area contributed by atoms with E-state index in [-0.39, 0.29) is 31.0 Å². The van der Waals surface area contributed by atoms with E-state index in [2.05, 4.69) is 5.32 Å². The monoisotopic (exact) mass is 296 g/mol. The van der Waals surface area contributed by atoms with Gasteiger partial charge < -0.3 is 24.8 Å². The van der Waals surface area contributed by atoms with Crippen molar-refractivity contribution in [3.63, 3.8) is 0 Å². The molecule has 21 heavy (non-hydrogen) atoms. The van der Waals surface area contributed by atoms with Crippen LogP contribution in [0.2, 0.25) is 0 Å². The molecule has 0 bridgehead atoms. The normalized spacial score (nSPS) is 18.0. The van der Waals surface area contributed by atoms with Crippen LogP contribution in [0, 0.1) is 0 Å². The quantitative estimate of drug-likeness (QED) is 0.736. The Morgan fingerprint density at radius 3 is 2.90 bits per heavy atom. The number of aliphatic hydroxyl groups is 1. The van der Waals surface area contributed by atoms with Gasteiger partial charge in [0.1, 0.15) is 5.76 Å². The van der Waals surface area contributed by atoms with Crippen LogP contribution in [0.25, 0.3) is 0 Å². The Morgan fingerprint density at radius 2 is 2.24 bits per heavy atom.